The van der Waals surface area contributed by atoms with Crippen molar-refractivity contribution in [1.82, 2.24) is 0 Å². The third kappa shape index (κ3) is 3.21. The van der Waals surface area contributed by atoms with Gasteiger partial charge in [-0.2, -0.15) is 0 Å². The van der Waals surface area contributed by atoms with E-state index >= 15 is 0 Å². The molecule has 1 atom stereocenters. The Bertz CT molecular complexity index is 391. The fourth-order valence-corrected chi connectivity index (χ4v) is 1.61. The molecule has 0 fully saturated rings. The third-order valence-corrected chi connectivity index (χ3v) is 2.61. The zero-order chi connectivity index (χ0) is 12.3. The van der Waals surface area contributed by atoms with Crippen LogP contribution in [-0.4, -0.2) is 26.0 Å². The summed E-state index contributed by atoms with van der Waals surface area (Å²) in [6.07, 6.45) is 0. The molecule has 4 nitrogen and oxygen atoms in total. The van der Waals surface area contributed by atoms with E-state index in [4.69, 9.17) is 5.73 Å². The molecule has 0 spiro atoms. The molecular weight excluding hydrogens is 270 g/mol. The summed E-state index contributed by atoms with van der Waals surface area (Å²) in [7, 11) is 3.84. The van der Waals surface area contributed by atoms with Crippen molar-refractivity contribution >= 4 is 33.2 Å². The van der Waals surface area contributed by atoms with Crippen LogP contribution in [0.5, 0.6) is 0 Å². The van der Waals surface area contributed by atoms with E-state index in [1.807, 2.05) is 37.2 Å². The summed E-state index contributed by atoms with van der Waals surface area (Å²) in [6, 6.07) is 5.20. The van der Waals surface area contributed by atoms with Gasteiger partial charge in [0.15, 0.2) is 0 Å². The number of nitrogens with zero attached hydrogens (tertiary/aromatic N) is 1. The minimum Gasteiger partial charge on any atom is -0.376 e. The van der Waals surface area contributed by atoms with Crippen molar-refractivity contribution in [3.05, 3.63) is 22.7 Å². The molecule has 0 radical (unpaired) electrons. The Morgan fingerprint density at radius 3 is 2.62 bits per heavy atom. The Kier molecular flexibility index (Phi) is 4.32. The number of nitrogens with two attached hydrogens (primary N) is 1. The molecule has 0 aliphatic heterocycles. The molecule has 0 unspecified atom stereocenters. The highest BCUT2D eigenvalue weighted by molar-refractivity contribution is 9.10. The monoisotopic (exact) mass is 285 g/mol. The van der Waals surface area contributed by atoms with Gasteiger partial charge < -0.3 is 16.0 Å². The maximum atomic E-state index is 11.5. The van der Waals surface area contributed by atoms with E-state index in [-0.39, 0.29) is 5.91 Å². The lowest BCUT2D eigenvalue weighted by Gasteiger charge is -2.18. The first-order valence-electron chi connectivity index (χ1n) is 4.95. The normalized spacial score (nSPS) is 12.1. The van der Waals surface area contributed by atoms with Gasteiger partial charge in [0.05, 0.1) is 17.4 Å². The number of benzene rings is 1. The predicted molar refractivity (Wildman–Crippen MR) is 70.7 cm³/mol. The zero-order valence-electron chi connectivity index (χ0n) is 9.62. The number of hydrogen-bond acceptors (Lipinski definition) is 3. The van der Waals surface area contributed by atoms with Gasteiger partial charge in [-0.1, -0.05) is 15.9 Å². The Hall–Kier alpha value is -1.07. The summed E-state index contributed by atoms with van der Waals surface area (Å²) >= 11 is 3.37. The van der Waals surface area contributed by atoms with Crippen molar-refractivity contribution in [1.29, 1.82) is 0 Å². The van der Waals surface area contributed by atoms with Crippen molar-refractivity contribution in [2.24, 2.45) is 5.73 Å². The quantitative estimate of drug-likeness (QED) is 0.890. The average molecular weight is 286 g/mol. The van der Waals surface area contributed by atoms with Crippen molar-refractivity contribution in [3.63, 3.8) is 0 Å². The first kappa shape index (κ1) is 13.0. The van der Waals surface area contributed by atoms with E-state index in [1.54, 1.807) is 6.92 Å². The van der Waals surface area contributed by atoms with Crippen molar-refractivity contribution in [2.75, 3.05) is 24.3 Å². The minimum atomic E-state index is -0.519. The van der Waals surface area contributed by atoms with Gasteiger partial charge >= 0.3 is 0 Å². The first-order chi connectivity index (χ1) is 7.41. The Morgan fingerprint density at radius 1 is 1.50 bits per heavy atom. The smallest absolute Gasteiger partial charge is 0.241 e. The van der Waals surface area contributed by atoms with Crippen LogP contribution in [-0.2, 0) is 4.79 Å². The number of amides is 1. The van der Waals surface area contributed by atoms with Gasteiger partial charge in [0, 0.05) is 18.6 Å². The molecule has 0 aliphatic rings. The summed E-state index contributed by atoms with van der Waals surface area (Å²) in [5.41, 5.74) is 7.20. The standard InChI is InChI=1S/C11H16BrN3O/c1-7(13)11(16)14-9-6-8(12)4-5-10(9)15(2)3/h4-7H,13H2,1-3H3,(H,14,16)/t7-/m0/s1. The number of carbonyl (C=O) groups is 1. The Morgan fingerprint density at radius 2 is 2.12 bits per heavy atom. The van der Waals surface area contributed by atoms with Crippen LogP contribution in [0.25, 0.3) is 0 Å². The molecule has 1 aromatic rings. The van der Waals surface area contributed by atoms with Gasteiger partial charge in [-0.3, -0.25) is 4.79 Å². The van der Waals surface area contributed by atoms with E-state index in [0.717, 1.165) is 15.8 Å². The predicted octanol–water partition coefficient (Wildman–Crippen LogP) is 1.80. The molecule has 88 valence electrons. The van der Waals surface area contributed by atoms with Crippen LogP contribution in [0.4, 0.5) is 11.4 Å². The number of anilines is 2. The molecular formula is C11H16BrN3O. The van der Waals surface area contributed by atoms with Crippen LogP contribution in [0.3, 0.4) is 0 Å². The Balaban J connectivity index is 3.01. The third-order valence-electron chi connectivity index (χ3n) is 2.11. The van der Waals surface area contributed by atoms with Crippen LogP contribution in [0.1, 0.15) is 6.92 Å². The fourth-order valence-electron chi connectivity index (χ4n) is 1.24. The van der Waals surface area contributed by atoms with Crippen LogP contribution in [0.2, 0.25) is 0 Å². The highest BCUT2D eigenvalue weighted by Gasteiger charge is 2.11. The van der Waals surface area contributed by atoms with Crippen molar-refractivity contribution in [2.45, 2.75) is 13.0 Å². The number of carbonyl (C=O) groups excluding carboxylic acids is 1. The van der Waals surface area contributed by atoms with E-state index in [1.165, 1.54) is 0 Å². The van der Waals surface area contributed by atoms with Crippen LogP contribution >= 0.6 is 15.9 Å². The second-order valence-corrected chi connectivity index (χ2v) is 4.75. The maximum absolute atomic E-state index is 11.5. The summed E-state index contributed by atoms with van der Waals surface area (Å²) in [5, 5.41) is 2.80. The SMILES string of the molecule is C[C@H](N)C(=O)Nc1cc(Br)ccc1N(C)C. The molecule has 0 saturated heterocycles. The lowest BCUT2D eigenvalue weighted by atomic mass is 10.2. The Labute approximate surface area is 104 Å². The fraction of sp³-hybridized carbons (Fsp3) is 0.364. The molecule has 5 heteroatoms. The highest BCUT2D eigenvalue weighted by atomic mass is 79.9. The first-order valence-corrected chi connectivity index (χ1v) is 5.74. The topological polar surface area (TPSA) is 58.4 Å². The molecule has 0 aromatic heterocycles. The van der Waals surface area contributed by atoms with E-state index in [2.05, 4.69) is 21.2 Å². The molecule has 3 N–H and O–H groups in total. The average Bonchev–Trinajstić information content (AvgIpc) is 2.16. The number of halogens is 1. The van der Waals surface area contributed by atoms with Crippen LogP contribution in [0.15, 0.2) is 22.7 Å². The molecule has 1 rings (SSSR count). The molecule has 1 aromatic carbocycles. The van der Waals surface area contributed by atoms with E-state index in [9.17, 15) is 4.79 Å². The second-order valence-electron chi connectivity index (χ2n) is 3.83. The van der Waals surface area contributed by atoms with Gasteiger partial charge in [0.25, 0.3) is 0 Å². The van der Waals surface area contributed by atoms with Crippen molar-refractivity contribution in [3.8, 4) is 0 Å². The maximum Gasteiger partial charge on any atom is 0.241 e. The summed E-state index contributed by atoms with van der Waals surface area (Å²) < 4.78 is 0.915. The molecule has 0 heterocycles. The number of rotatable bonds is 3. The van der Waals surface area contributed by atoms with Gasteiger partial charge in [-0.15, -0.1) is 0 Å². The molecule has 0 bridgehead atoms. The van der Waals surface area contributed by atoms with E-state index < -0.39 is 6.04 Å². The largest absolute Gasteiger partial charge is 0.376 e. The molecule has 16 heavy (non-hydrogen) atoms. The van der Waals surface area contributed by atoms with Crippen molar-refractivity contribution < 1.29 is 4.79 Å². The summed E-state index contributed by atoms with van der Waals surface area (Å²) in [5.74, 6) is -0.193. The number of hydrogen-bond donors (Lipinski definition) is 2. The highest BCUT2D eigenvalue weighted by Crippen LogP contribution is 2.27. The lowest BCUT2D eigenvalue weighted by Crippen LogP contribution is -2.33. The molecule has 0 aliphatic carbocycles. The molecule has 0 saturated carbocycles. The summed E-state index contributed by atoms with van der Waals surface area (Å²) in [6.45, 7) is 1.66. The van der Waals surface area contributed by atoms with Crippen LogP contribution < -0.4 is 16.0 Å². The zero-order valence-corrected chi connectivity index (χ0v) is 11.2. The number of nitrogens with one attached hydrogen (secondary N) is 1. The lowest BCUT2D eigenvalue weighted by molar-refractivity contribution is -0.117. The van der Waals surface area contributed by atoms with Gasteiger partial charge in [0.1, 0.15) is 0 Å². The molecule has 1 amide bonds. The van der Waals surface area contributed by atoms with Gasteiger partial charge in [0.2, 0.25) is 5.91 Å². The van der Waals surface area contributed by atoms with Gasteiger partial charge in [-0.05, 0) is 25.1 Å². The minimum absolute atomic E-state index is 0.193. The summed E-state index contributed by atoms with van der Waals surface area (Å²) in [4.78, 5) is 13.5. The second kappa shape index (κ2) is 5.32. The van der Waals surface area contributed by atoms with Gasteiger partial charge in [-0.25, -0.2) is 0 Å². The van der Waals surface area contributed by atoms with Crippen LogP contribution in [0, 0.1) is 0 Å². The van der Waals surface area contributed by atoms with E-state index in [0.29, 0.717) is 0 Å².